The van der Waals surface area contributed by atoms with E-state index in [2.05, 4.69) is 42.2 Å². The smallest absolute Gasteiger partial charge is 0.272 e. The van der Waals surface area contributed by atoms with Gasteiger partial charge in [-0.1, -0.05) is 0 Å². The van der Waals surface area contributed by atoms with E-state index in [1.165, 1.54) is 0 Å². The molecule has 2 rings (SSSR count). The summed E-state index contributed by atoms with van der Waals surface area (Å²) in [7, 11) is 0. The first-order chi connectivity index (χ1) is 9.38. The van der Waals surface area contributed by atoms with E-state index in [-0.39, 0.29) is 11.9 Å². The van der Waals surface area contributed by atoms with Gasteiger partial charge in [0.05, 0.1) is 11.4 Å². The minimum Gasteiger partial charge on any atom is -0.340 e. The monoisotopic (exact) mass is 399 g/mol. The lowest BCUT2D eigenvalue weighted by Gasteiger charge is -2.13. The first kappa shape index (κ1) is 15.3. The summed E-state index contributed by atoms with van der Waals surface area (Å²) in [6.45, 7) is 5.93. The molecule has 0 fully saturated rings. The molecule has 0 saturated heterocycles. The lowest BCUT2D eigenvalue weighted by atomic mass is 10.3. The molecular weight excluding hydrogens is 386 g/mol. The molecule has 0 spiro atoms. The van der Waals surface area contributed by atoms with Gasteiger partial charge in [-0.3, -0.25) is 4.79 Å². The molecule has 0 radical (unpaired) electrons. The zero-order valence-corrected chi connectivity index (χ0v) is 14.6. The van der Waals surface area contributed by atoms with Crippen molar-refractivity contribution in [2.75, 3.05) is 5.32 Å². The van der Waals surface area contributed by atoms with Crippen molar-refractivity contribution in [1.82, 2.24) is 9.55 Å². The van der Waals surface area contributed by atoms with Crippen LogP contribution in [0.15, 0.2) is 33.5 Å². The van der Waals surface area contributed by atoms with E-state index in [4.69, 9.17) is 0 Å². The average molecular weight is 401 g/mol. The summed E-state index contributed by atoms with van der Waals surface area (Å²) >= 11 is 6.72. The second-order valence-electron chi connectivity index (χ2n) is 4.77. The summed E-state index contributed by atoms with van der Waals surface area (Å²) in [5.41, 5.74) is 2.11. The molecule has 0 aliphatic carbocycles. The molecule has 0 saturated carbocycles. The molecule has 2 heterocycles. The van der Waals surface area contributed by atoms with Crippen LogP contribution in [0.4, 0.5) is 5.69 Å². The number of anilines is 1. The molecule has 0 unspecified atom stereocenters. The molecular formula is C14H15Br2N3O. The summed E-state index contributed by atoms with van der Waals surface area (Å²) in [5, 5.41) is 2.90. The molecule has 0 aromatic carbocycles. The largest absolute Gasteiger partial charge is 0.340 e. The number of pyridine rings is 1. The number of nitrogens with zero attached hydrogens (tertiary/aromatic N) is 2. The minimum absolute atomic E-state index is 0.142. The van der Waals surface area contributed by atoms with Crippen molar-refractivity contribution in [3.63, 3.8) is 0 Å². The van der Waals surface area contributed by atoms with Gasteiger partial charge in [0.25, 0.3) is 5.91 Å². The van der Waals surface area contributed by atoms with Gasteiger partial charge in [0.1, 0.15) is 10.3 Å². The van der Waals surface area contributed by atoms with Crippen LogP contribution in [-0.4, -0.2) is 15.5 Å². The van der Waals surface area contributed by atoms with Gasteiger partial charge in [0.15, 0.2) is 0 Å². The number of aromatic nitrogens is 2. The van der Waals surface area contributed by atoms with Gasteiger partial charge in [-0.25, -0.2) is 4.98 Å². The maximum absolute atomic E-state index is 12.4. The standard InChI is InChI=1S/C14H15Br2N3O/c1-8(2)19-7-10(15)6-12(19)14(20)18-11-4-5-13(16)17-9(11)3/h4-8H,1-3H3,(H,18,20). The van der Waals surface area contributed by atoms with E-state index in [0.717, 1.165) is 14.8 Å². The van der Waals surface area contributed by atoms with Crippen LogP contribution in [0, 0.1) is 6.92 Å². The number of hydrogen-bond acceptors (Lipinski definition) is 2. The molecule has 106 valence electrons. The third kappa shape index (κ3) is 3.30. The van der Waals surface area contributed by atoms with Crippen LogP contribution >= 0.6 is 31.9 Å². The van der Waals surface area contributed by atoms with Gasteiger partial charge >= 0.3 is 0 Å². The lowest BCUT2D eigenvalue weighted by Crippen LogP contribution is -2.18. The van der Waals surface area contributed by atoms with Crippen molar-refractivity contribution in [2.45, 2.75) is 26.8 Å². The molecule has 4 nitrogen and oxygen atoms in total. The van der Waals surface area contributed by atoms with Crippen LogP contribution in [0.1, 0.15) is 36.1 Å². The molecule has 0 bridgehead atoms. The van der Waals surface area contributed by atoms with Gasteiger partial charge < -0.3 is 9.88 Å². The summed E-state index contributed by atoms with van der Waals surface area (Å²) in [6.07, 6.45) is 1.91. The Labute approximate surface area is 134 Å². The highest BCUT2D eigenvalue weighted by Gasteiger charge is 2.16. The van der Waals surface area contributed by atoms with Gasteiger partial charge in [-0.15, -0.1) is 0 Å². The van der Waals surface area contributed by atoms with Crippen LogP contribution in [0.5, 0.6) is 0 Å². The highest BCUT2D eigenvalue weighted by Crippen LogP contribution is 2.22. The van der Waals surface area contributed by atoms with E-state index in [0.29, 0.717) is 11.4 Å². The number of nitrogens with one attached hydrogen (secondary N) is 1. The topological polar surface area (TPSA) is 46.9 Å². The number of amides is 1. The fraction of sp³-hybridized carbons (Fsp3) is 0.286. The fourth-order valence-corrected chi connectivity index (χ4v) is 2.74. The van der Waals surface area contributed by atoms with Gasteiger partial charge in [-0.05, 0) is 70.8 Å². The fourth-order valence-electron chi connectivity index (χ4n) is 1.90. The number of halogens is 2. The number of carbonyl (C=O) groups excluding carboxylic acids is 1. The molecule has 2 aromatic heterocycles. The predicted octanol–water partition coefficient (Wildman–Crippen LogP) is 4.55. The maximum atomic E-state index is 12.4. The second kappa shape index (κ2) is 6.10. The summed E-state index contributed by atoms with van der Waals surface area (Å²) < 4.78 is 3.57. The number of carbonyl (C=O) groups is 1. The number of rotatable bonds is 3. The van der Waals surface area contributed by atoms with Crippen molar-refractivity contribution < 1.29 is 4.79 Å². The van der Waals surface area contributed by atoms with Crippen molar-refractivity contribution in [3.05, 3.63) is 44.9 Å². The maximum Gasteiger partial charge on any atom is 0.272 e. The molecule has 0 aliphatic rings. The van der Waals surface area contributed by atoms with Crippen molar-refractivity contribution in [1.29, 1.82) is 0 Å². The Kier molecular flexibility index (Phi) is 4.65. The zero-order chi connectivity index (χ0) is 14.9. The van der Waals surface area contributed by atoms with Crippen molar-refractivity contribution >= 4 is 43.5 Å². The molecule has 20 heavy (non-hydrogen) atoms. The minimum atomic E-state index is -0.142. The van der Waals surface area contributed by atoms with E-state index in [1.807, 2.05) is 43.7 Å². The molecule has 1 N–H and O–H groups in total. The van der Waals surface area contributed by atoms with Crippen molar-refractivity contribution in [2.24, 2.45) is 0 Å². The number of aryl methyl sites for hydroxylation is 1. The van der Waals surface area contributed by atoms with Crippen molar-refractivity contribution in [3.8, 4) is 0 Å². The Bertz CT molecular complexity index is 650. The van der Waals surface area contributed by atoms with Crippen LogP contribution in [-0.2, 0) is 0 Å². The van der Waals surface area contributed by atoms with Crippen LogP contribution in [0.25, 0.3) is 0 Å². The summed E-state index contributed by atoms with van der Waals surface area (Å²) in [5.74, 6) is -0.142. The highest BCUT2D eigenvalue weighted by atomic mass is 79.9. The van der Waals surface area contributed by atoms with Gasteiger partial charge in [0.2, 0.25) is 0 Å². The van der Waals surface area contributed by atoms with E-state index in [1.54, 1.807) is 6.07 Å². The first-order valence-corrected chi connectivity index (χ1v) is 7.79. The van der Waals surface area contributed by atoms with Crippen LogP contribution in [0.2, 0.25) is 0 Å². The summed E-state index contributed by atoms with van der Waals surface area (Å²) in [4.78, 5) is 16.7. The van der Waals surface area contributed by atoms with Gasteiger partial charge in [-0.2, -0.15) is 0 Å². The second-order valence-corrected chi connectivity index (χ2v) is 6.49. The Balaban J connectivity index is 2.28. The quantitative estimate of drug-likeness (QED) is 0.768. The number of hydrogen-bond donors (Lipinski definition) is 1. The lowest BCUT2D eigenvalue weighted by molar-refractivity contribution is 0.101. The van der Waals surface area contributed by atoms with Crippen LogP contribution < -0.4 is 5.32 Å². The average Bonchev–Trinajstić information content (AvgIpc) is 2.75. The van der Waals surface area contributed by atoms with E-state index in [9.17, 15) is 4.79 Å². The zero-order valence-electron chi connectivity index (χ0n) is 11.4. The normalized spacial score (nSPS) is 10.9. The molecule has 0 atom stereocenters. The van der Waals surface area contributed by atoms with E-state index < -0.39 is 0 Å². The van der Waals surface area contributed by atoms with Gasteiger partial charge in [0, 0.05) is 16.7 Å². The predicted molar refractivity (Wildman–Crippen MR) is 87.1 cm³/mol. The molecule has 0 aliphatic heterocycles. The summed E-state index contributed by atoms with van der Waals surface area (Å²) in [6, 6.07) is 5.67. The Hall–Kier alpha value is -1.14. The highest BCUT2D eigenvalue weighted by molar-refractivity contribution is 9.10. The first-order valence-electron chi connectivity index (χ1n) is 6.20. The Morgan fingerprint density at radius 3 is 2.65 bits per heavy atom. The SMILES string of the molecule is Cc1nc(Br)ccc1NC(=O)c1cc(Br)cn1C(C)C. The Morgan fingerprint density at radius 2 is 2.05 bits per heavy atom. The third-order valence-corrected chi connectivity index (χ3v) is 3.78. The molecule has 6 heteroatoms. The van der Waals surface area contributed by atoms with E-state index >= 15 is 0 Å². The molecule has 2 aromatic rings. The third-order valence-electron chi connectivity index (χ3n) is 2.90. The Morgan fingerprint density at radius 1 is 1.35 bits per heavy atom. The van der Waals surface area contributed by atoms with Crippen LogP contribution in [0.3, 0.4) is 0 Å². The molecule has 1 amide bonds.